The first-order chi connectivity index (χ1) is 13.1. The summed E-state index contributed by atoms with van der Waals surface area (Å²) in [6.45, 7) is 0.327. The summed E-state index contributed by atoms with van der Waals surface area (Å²) in [6, 6.07) is 20.2. The highest BCUT2D eigenvalue weighted by Crippen LogP contribution is 2.31. The normalized spacial score (nSPS) is 10.8. The Kier molecular flexibility index (Phi) is 4.26. The highest BCUT2D eigenvalue weighted by atomic mass is 16.5. The molecule has 0 aliphatic carbocycles. The Hall–Kier alpha value is -3.73. The van der Waals surface area contributed by atoms with Crippen molar-refractivity contribution in [3.05, 3.63) is 88.6 Å². The molecule has 5 nitrogen and oxygen atoms in total. The van der Waals surface area contributed by atoms with Crippen molar-refractivity contribution in [2.45, 2.75) is 6.61 Å². The second-order valence-corrected chi connectivity index (χ2v) is 6.11. The van der Waals surface area contributed by atoms with Gasteiger partial charge in [0.15, 0.2) is 5.43 Å². The Morgan fingerprint density at radius 1 is 0.889 bits per heavy atom. The SMILES string of the molecule is O=c1cc(-c2ccc(O)cc2)oc2cc(OCc3ccccc3)cc(O)c12. The Morgan fingerprint density at radius 3 is 2.37 bits per heavy atom. The quantitative estimate of drug-likeness (QED) is 0.562. The van der Waals surface area contributed by atoms with Crippen LogP contribution in [0.4, 0.5) is 0 Å². The molecule has 0 spiro atoms. The van der Waals surface area contributed by atoms with Crippen molar-refractivity contribution < 1.29 is 19.4 Å². The van der Waals surface area contributed by atoms with E-state index in [1.54, 1.807) is 18.2 Å². The van der Waals surface area contributed by atoms with Crippen LogP contribution in [0.25, 0.3) is 22.3 Å². The van der Waals surface area contributed by atoms with E-state index >= 15 is 0 Å². The standard InChI is InChI=1S/C22H16O5/c23-16-8-6-15(7-9-16)20-12-19(25)22-18(24)10-17(11-21(22)27-20)26-13-14-4-2-1-3-5-14/h1-12,23-24H,13H2. The number of benzene rings is 3. The topological polar surface area (TPSA) is 79.9 Å². The van der Waals surface area contributed by atoms with E-state index < -0.39 is 0 Å². The highest BCUT2D eigenvalue weighted by Gasteiger charge is 2.13. The summed E-state index contributed by atoms with van der Waals surface area (Å²) in [4.78, 5) is 12.4. The van der Waals surface area contributed by atoms with Gasteiger partial charge in [0.05, 0.1) is 0 Å². The Labute approximate surface area is 154 Å². The van der Waals surface area contributed by atoms with E-state index in [1.165, 1.54) is 24.3 Å². The van der Waals surface area contributed by atoms with Crippen LogP contribution in [0.2, 0.25) is 0 Å². The molecule has 4 rings (SSSR count). The number of ether oxygens (including phenoxy) is 1. The van der Waals surface area contributed by atoms with Gasteiger partial charge in [-0.1, -0.05) is 30.3 Å². The van der Waals surface area contributed by atoms with E-state index in [0.717, 1.165) is 5.56 Å². The summed E-state index contributed by atoms with van der Waals surface area (Å²) < 4.78 is 11.5. The zero-order valence-corrected chi connectivity index (χ0v) is 14.3. The molecule has 0 aliphatic heterocycles. The van der Waals surface area contributed by atoms with E-state index in [1.807, 2.05) is 30.3 Å². The molecular weight excluding hydrogens is 344 g/mol. The number of rotatable bonds is 4. The third kappa shape index (κ3) is 3.48. The minimum Gasteiger partial charge on any atom is -0.508 e. The number of hydrogen-bond donors (Lipinski definition) is 2. The molecule has 0 aliphatic rings. The first-order valence-electron chi connectivity index (χ1n) is 8.37. The van der Waals surface area contributed by atoms with E-state index in [0.29, 0.717) is 23.7 Å². The molecule has 0 amide bonds. The molecule has 0 atom stereocenters. The lowest BCUT2D eigenvalue weighted by atomic mass is 10.1. The van der Waals surface area contributed by atoms with Gasteiger partial charge in [-0.05, 0) is 29.8 Å². The van der Waals surface area contributed by atoms with Crippen LogP contribution in [-0.2, 0) is 6.61 Å². The van der Waals surface area contributed by atoms with Gasteiger partial charge in [0.2, 0.25) is 0 Å². The lowest BCUT2D eigenvalue weighted by molar-refractivity contribution is 0.304. The fourth-order valence-electron chi connectivity index (χ4n) is 2.84. The van der Waals surface area contributed by atoms with Gasteiger partial charge in [0.1, 0.15) is 40.6 Å². The van der Waals surface area contributed by atoms with Crippen LogP contribution < -0.4 is 10.2 Å². The smallest absolute Gasteiger partial charge is 0.197 e. The summed E-state index contributed by atoms with van der Waals surface area (Å²) >= 11 is 0. The second-order valence-electron chi connectivity index (χ2n) is 6.11. The molecule has 0 radical (unpaired) electrons. The van der Waals surface area contributed by atoms with Crippen molar-refractivity contribution in [2.24, 2.45) is 0 Å². The average molecular weight is 360 g/mol. The molecule has 2 N–H and O–H groups in total. The molecule has 1 heterocycles. The van der Waals surface area contributed by atoms with Crippen LogP contribution >= 0.6 is 0 Å². The second kappa shape index (κ2) is 6.88. The fraction of sp³-hybridized carbons (Fsp3) is 0.0455. The van der Waals surface area contributed by atoms with Gasteiger partial charge in [-0.2, -0.15) is 0 Å². The van der Waals surface area contributed by atoms with Gasteiger partial charge in [-0.3, -0.25) is 4.79 Å². The third-order valence-electron chi connectivity index (χ3n) is 4.18. The number of fused-ring (bicyclic) bond motifs is 1. The maximum atomic E-state index is 12.4. The van der Waals surface area contributed by atoms with Crippen LogP contribution in [0, 0.1) is 0 Å². The van der Waals surface area contributed by atoms with Crippen molar-refractivity contribution in [1.29, 1.82) is 0 Å². The van der Waals surface area contributed by atoms with Gasteiger partial charge >= 0.3 is 0 Å². The molecule has 134 valence electrons. The summed E-state index contributed by atoms with van der Waals surface area (Å²) in [5, 5.41) is 19.8. The molecule has 27 heavy (non-hydrogen) atoms. The number of hydrogen-bond acceptors (Lipinski definition) is 5. The molecule has 5 heteroatoms. The summed E-state index contributed by atoms with van der Waals surface area (Å²) in [5.41, 5.74) is 1.50. The zero-order valence-electron chi connectivity index (χ0n) is 14.3. The van der Waals surface area contributed by atoms with Crippen LogP contribution in [-0.4, -0.2) is 10.2 Å². The van der Waals surface area contributed by atoms with Crippen LogP contribution in [0.5, 0.6) is 17.2 Å². The largest absolute Gasteiger partial charge is 0.508 e. The van der Waals surface area contributed by atoms with Crippen molar-refractivity contribution in [1.82, 2.24) is 0 Å². The van der Waals surface area contributed by atoms with Crippen LogP contribution in [0.15, 0.2) is 82.0 Å². The van der Waals surface area contributed by atoms with E-state index in [-0.39, 0.29) is 27.9 Å². The molecule has 1 aromatic heterocycles. The minimum absolute atomic E-state index is 0.101. The van der Waals surface area contributed by atoms with Gasteiger partial charge < -0.3 is 19.4 Å². The van der Waals surface area contributed by atoms with Crippen molar-refractivity contribution >= 4 is 11.0 Å². The van der Waals surface area contributed by atoms with Crippen LogP contribution in [0.1, 0.15) is 5.56 Å². The number of phenols is 2. The van der Waals surface area contributed by atoms with E-state index in [2.05, 4.69) is 0 Å². The lowest BCUT2D eigenvalue weighted by Gasteiger charge is -2.09. The van der Waals surface area contributed by atoms with Crippen molar-refractivity contribution in [3.63, 3.8) is 0 Å². The first kappa shape index (κ1) is 16.7. The molecule has 3 aromatic carbocycles. The molecule has 0 fully saturated rings. The number of aromatic hydroxyl groups is 2. The fourth-order valence-corrected chi connectivity index (χ4v) is 2.84. The minimum atomic E-state index is -0.355. The molecule has 4 aromatic rings. The predicted molar refractivity (Wildman–Crippen MR) is 102 cm³/mol. The van der Waals surface area contributed by atoms with Crippen molar-refractivity contribution in [3.8, 4) is 28.6 Å². The third-order valence-corrected chi connectivity index (χ3v) is 4.18. The molecule has 0 unspecified atom stereocenters. The Morgan fingerprint density at radius 2 is 1.63 bits per heavy atom. The van der Waals surface area contributed by atoms with E-state index in [9.17, 15) is 15.0 Å². The predicted octanol–water partition coefficient (Wildman–Crippen LogP) is 4.45. The maximum absolute atomic E-state index is 12.4. The average Bonchev–Trinajstić information content (AvgIpc) is 2.67. The summed E-state index contributed by atoms with van der Waals surface area (Å²) in [5.74, 6) is 0.666. The van der Waals surface area contributed by atoms with Gasteiger partial charge in [-0.25, -0.2) is 0 Å². The zero-order chi connectivity index (χ0) is 18.8. The molecule has 0 saturated carbocycles. The maximum Gasteiger partial charge on any atom is 0.197 e. The number of phenolic OH excluding ortho intramolecular Hbond substituents is 2. The molecular formula is C22H16O5. The Bertz CT molecular complexity index is 1150. The molecule has 0 bridgehead atoms. The first-order valence-corrected chi connectivity index (χ1v) is 8.37. The highest BCUT2D eigenvalue weighted by molar-refractivity contribution is 5.86. The van der Waals surface area contributed by atoms with Crippen LogP contribution in [0.3, 0.4) is 0 Å². The Balaban J connectivity index is 1.73. The lowest BCUT2D eigenvalue weighted by Crippen LogP contribution is -2.02. The van der Waals surface area contributed by atoms with Crippen molar-refractivity contribution in [2.75, 3.05) is 0 Å². The van der Waals surface area contributed by atoms with E-state index in [4.69, 9.17) is 9.15 Å². The van der Waals surface area contributed by atoms with Gasteiger partial charge in [0.25, 0.3) is 0 Å². The molecule has 0 saturated heterocycles. The van der Waals surface area contributed by atoms with Gasteiger partial charge in [-0.15, -0.1) is 0 Å². The summed E-state index contributed by atoms with van der Waals surface area (Å²) in [6.07, 6.45) is 0. The summed E-state index contributed by atoms with van der Waals surface area (Å²) in [7, 11) is 0. The van der Waals surface area contributed by atoms with Gasteiger partial charge in [0, 0.05) is 23.8 Å². The monoisotopic (exact) mass is 360 g/mol.